The molecule has 0 atom stereocenters. The van der Waals surface area contributed by atoms with Gasteiger partial charge in [0.25, 0.3) is 0 Å². The van der Waals surface area contributed by atoms with Crippen LogP contribution in [-0.4, -0.2) is 52.2 Å². The van der Waals surface area contributed by atoms with Gasteiger partial charge in [0.1, 0.15) is 0 Å². The van der Waals surface area contributed by atoms with Crippen molar-refractivity contribution in [2.75, 3.05) is 13.1 Å². The van der Waals surface area contributed by atoms with Crippen LogP contribution in [0.4, 0.5) is 0 Å². The van der Waals surface area contributed by atoms with Gasteiger partial charge in [-0.15, -0.1) is 0 Å². The summed E-state index contributed by atoms with van der Waals surface area (Å²) in [5.74, 6) is 0.207. The highest BCUT2D eigenvalue weighted by molar-refractivity contribution is 7.90. The monoisotopic (exact) mass is 455 g/mol. The molecule has 1 heterocycles. The molecule has 3 fully saturated rings. The first-order valence-corrected chi connectivity index (χ1v) is 13.6. The summed E-state index contributed by atoms with van der Waals surface area (Å²) < 4.78 is 55.6. The van der Waals surface area contributed by atoms with Crippen molar-refractivity contribution in [2.24, 2.45) is 5.92 Å². The van der Waals surface area contributed by atoms with Gasteiger partial charge in [0.15, 0.2) is 0 Å². The van der Waals surface area contributed by atoms with Gasteiger partial charge in [0, 0.05) is 31.1 Å². The van der Waals surface area contributed by atoms with Crippen LogP contribution in [0.3, 0.4) is 0 Å². The first kappa shape index (κ1) is 21.7. The number of rotatable bonds is 7. The largest absolute Gasteiger partial charge is 0.353 e. The lowest BCUT2D eigenvalue weighted by molar-refractivity contribution is -0.123. The van der Waals surface area contributed by atoms with E-state index in [1.165, 1.54) is 28.6 Å². The van der Waals surface area contributed by atoms with Gasteiger partial charge in [-0.3, -0.25) is 4.79 Å². The van der Waals surface area contributed by atoms with E-state index in [0.29, 0.717) is 25.9 Å². The zero-order valence-electron chi connectivity index (χ0n) is 16.9. The van der Waals surface area contributed by atoms with Crippen molar-refractivity contribution in [3.05, 3.63) is 24.3 Å². The summed E-state index contributed by atoms with van der Waals surface area (Å²) in [5, 5.41) is 3.01. The zero-order valence-corrected chi connectivity index (χ0v) is 18.6. The highest BCUT2D eigenvalue weighted by Gasteiger charge is 2.34. The molecule has 1 amide bonds. The lowest BCUT2D eigenvalue weighted by Crippen LogP contribution is -2.46. The smallest absolute Gasteiger partial charge is 0.243 e. The Bertz CT molecular complexity index is 991. The molecule has 0 aromatic heterocycles. The maximum absolute atomic E-state index is 13.1. The van der Waals surface area contributed by atoms with Gasteiger partial charge < -0.3 is 5.32 Å². The molecule has 2 saturated carbocycles. The number of piperidine rings is 1. The Morgan fingerprint density at radius 2 is 1.50 bits per heavy atom. The Morgan fingerprint density at radius 1 is 0.867 bits per heavy atom. The summed E-state index contributed by atoms with van der Waals surface area (Å²) in [5.41, 5.74) is 0. The highest BCUT2D eigenvalue weighted by Crippen LogP contribution is 2.30. The molecule has 4 rings (SSSR count). The number of sulfonamides is 2. The van der Waals surface area contributed by atoms with E-state index in [0.717, 1.165) is 38.5 Å². The number of benzene rings is 1. The number of nitrogens with zero attached hydrogens (tertiary/aromatic N) is 1. The maximum atomic E-state index is 13.1. The van der Waals surface area contributed by atoms with E-state index in [-0.39, 0.29) is 33.7 Å². The third kappa shape index (κ3) is 4.87. The molecule has 3 aliphatic rings. The molecule has 0 spiro atoms. The van der Waals surface area contributed by atoms with Crippen LogP contribution in [0, 0.1) is 5.92 Å². The fourth-order valence-electron chi connectivity index (χ4n) is 4.19. The van der Waals surface area contributed by atoms with Crippen LogP contribution in [-0.2, 0) is 24.8 Å². The average Bonchev–Trinajstić information content (AvgIpc) is 3.46. The lowest BCUT2D eigenvalue weighted by Gasteiger charge is -2.31. The fourth-order valence-corrected chi connectivity index (χ4v) is 7.13. The second-order valence-corrected chi connectivity index (χ2v) is 12.2. The molecule has 0 radical (unpaired) electrons. The average molecular weight is 456 g/mol. The molecular formula is C20H29N3O5S2. The molecule has 0 unspecified atom stereocenters. The van der Waals surface area contributed by atoms with E-state index in [4.69, 9.17) is 0 Å². The van der Waals surface area contributed by atoms with Crippen molar-refractivity contribution in [2.45, 2.75) is 73.2 Å². The number of carbonyl (C=O) groups is 1. The Morgan fingerprint density at radius 3 is 2.13 bits per heavy atom. The standard InChI is InChI=1S/C20H29N3O5S2/c24-20(15-8-9-15)21-16-10-12-23(13-11-16)30(27,28)19-7-3-6-18(14-19)29(25,26)22-17-4-1-2-5-17/h3,6-7,14-17,22H,1-2,4-5,8-13H2,(H,21,24). The van der Waals surface area contributed by atoms with Gasteiger partial charge in [-0.05, 0) is 56.7 Å². The topological polar surface area (TPSA) is 113 Å². The zero-order chi connectivity index (χ0) is 21.4. The molecule has 8 nitrogen and oxygen atoms in total. The second-order valence-electron chi connectivity index (χ2n) is 8.54. The summed E-state index contributed by atoms with van der Waals surface area (Å²) in [4.78, 5) is 11.9. The van der Waals surface area contributed by atoms with Gasteiger partial charge >= 0.3 is 0 Å². The summed E-state index contributed by atoms with van der Waals surface area (Å²) >= 11 is 0. The Hall–Kier alpha value is -1.49. The van der Waals surface area contributed by atoms with Gasteiger partial charge in [-0.25, -0.2) is 21.6 Å². The number of amides is 1. The van der Waals surface area contributed by atoms with E-state index < -0.39 is 20.0 Å². The minimum absolute atomic E-state index is 0.00752. The van der Waals surface area contributed by atoms with Crippen molar-refractivity contribution in [3.63, 3.8) is 0 Å². The van der Waals surface area contributed by atoms with E-state index in [1.54, 1.807) is 0 Å². The molecule has 0 bridgehead atoms. The van der Waals surface area contributed by atoms with Crippen LogP contribution in [0.15, 0.2) is 34.1 Å². The summed E-state index contributed by atoms with van der Waals surface area (Å²) in [6.07, 6.45) is 6.60. The molecule has 1 saturated heterocycles. The number of hydrogen-bond donors (Lipinski definition) is 2. The van der Waals surface area contributed by atoms with Gasteiger partial charge in [-0.1, -0.05) is 18.9 Å². The van der Waals surface area contributed by atoms with Crippen LogP contribution < -0.4 is 10.0 Å². The molecular weight excluding hydrogens is 426 g/mol. The Kier molecular flexibility index (Phi) is 6.20. The minimum atomic E-state index is -3.80. The van der Waals surface area contributed by atoms with Crippen molar-refractivity contribution < 1.29 is 21.6 Å². The predicted octanol–water partition coefficient (Wildman–Crippen LogP) is 1.59. The molecule has 1 aliphatic heterocycles. The molecule has 1 aromatic rings. The van der Waals surface area contributed by atoms with Gasteiger partial charge in [0.05, 0.1) is 9.79 Å². The van der Waals surface area contributed by atoms with E-state index in [2.05, 4.69) is 10.0 Å². The lowest BCUT2D eigenvalue weighted by atomic mass is 10.1. The fraction of sp³-hybridized carbons (Fsp3) is 0.650. The Balaban J connectivity index is 1.42. The van der Waals surface area contributed by atoms with E-state index in [9.17, 15) is 21.6 Å². The van der Waals surface area contributed by atoms with Crippen LogP contribution in [0.25, 0.3) is 0 Å². The number of carbonyl (C=O) groups excluding carboxylic acids is 1. The van der Waals surface area contributed by atoms with Crippen molar-refractivity contribution >= 4 is 26.0 Å². The first-order valence-electron chi connectivity index (χ1n) is 10.7. The summed E-state index contributed by atoms with van der Waals surface area (Å²) in [7, 11) is -7.56. The quantitative estimate of drug-likeness (QED) is 0.648. The summed E-state index contributed by atoms with van der Waals surface area (Å²) in [6, 6.07) is 5.49. The van der Waals surface area contributed by atoms with Crippen molar-refractivity contribution in [3.8, 4) is 0 Å². The molecule has 166 valence electrons. The van der Waals surface area contributed by atoms with Crippen molar-refractivity contribution in [1.29, 1.82) is 0 Å². The van der Waals surface area contributed by atoms with Gasteiger partial charge in [0.2, 0.25) is 26.0 Å². The third-order valence-electron chi connectivity index (χ3n) is 6.18. The van der Waals surface area contributed by atoms with Crippen molar-refractivity contribution in [1.82, 2.24) is 14.3 Å². The van der Waals surface area contributed by atoms with E-state index in [1.807, 2.05) is 0 Å². The highest BCUT2D eigenvalue weighted by atomic mass is 32.2. The molecule has 10 heteroatoms. The van der Waals surface area contributed by atoms with Crippen LogP contribution in [0.1, 0.15) is 51.4 Å². The third-order valence-corrected chi connectivity index (χ3v) is 9.59. The second kappa shape index (κ2) is 8.57. The van der Waals surface area contributed by atoms with Crippen LogP contribution in [0.5, 0.6) is 0 Å². The molecule has 30 heavy (non-hydrogen) atoms. The minimum Gasteiger partial charge on any atom is -0.353 e. The molecule has 2 N–H and O–H groups in total. The van der Waals surface area contributed by atoms with E-state index >= 15 is 0 Å². The van der Waals surface area contributed by atoms with Crippen LogP contribution >= 0.6 is 0 Å². The maximum Gasteiger partial charge on any atom is 0.243 e. The summed E-state index contributed by atoms with van der Waals surface area (Å²) in [6.45, 7) is 0.602. The Labute approximate surface area is 178 Å². The predicted molar refractivity (Wildman–Crippen MR) is 112 cm³/mol. The molecule has 2 aliphatic carbocycles. The van der Waals surface area contributed by atoms with Crippen LogP contribution in [0.2, 0.25) is 0 Å². The molecule has 1 aromatic carbocycles. The number of nitrogens with one attached hydrogen (secondary N) is 2. The first-order chi connectivity index (χ1) is 14.3. The number of hydrogen-bond acceptors (Lipinski definition) is 5. The van der Waals surface area contributed by atoms with Gasteiger partial charge in [-0.2, -0.15) is 4.31 Å². The SMILES string of the molecule is O=C(NC1CCN(S(=O)(=O)c2cccc(S(=O)(=O)NC3CCCC3)c2)CC1)C1CC1. The normalized spacial score (nSPS) is 22.3.